The molecule has 6 heteroatoms. The number of carbonyl (C=O) groups excluding carboxylic acids is 1. The van der Waals surface area contributed by atoms with Crippen LogP contribution in [-0.4, -0.2) is 46.4 Å². The minimum Gasteiger partial charge on any atom is -0.369 e. The van der Waals surface area contributed by atoms with Gasteiger partial charge in [0.25, 0.3) is 0 Å². The van der Waals surface area contributed by atoms with E-state index >= 15 is 0 Å². The van der Waals surface area contributed by atoms with E-state index in [1.165, 1.54) is 5.56 Å². The number of rotatable bonds is 4. The van der Waals surface area contributed by atoms with Gasteiger partial charge in [-0.25, -0.2) is 4.98 Å². The molecule has 4 rings (SSSR count). The molecule has 1 aliphatic heterocycles. The van der Waals surface area contributed by atoms with Crippen molar-refractivity contribution in [3.05, 3.63) is 65.6 Å². The highest BCUT2D eigenvalue weighted by Gasteiger charge is 2.18. The molecule has 6 nitrogen and oxygen atoms in total. The number of anilines is 1. The molecule has 1 aromatic carbocycles. The Bertz CT molecular complexity index is 923. The predicted octanol–water partition coefficient (Wildman–Crippen LogP) is 2.06. The molecule has 1 amide bonds. The molecular formula is C20H23N5O. The van der Waals surface area contributed by atoms with E-state index in [4.69, 9.17) is 10.7 Å². The summed E-state index contributed by atoms with van der Waals surface area (Å²) in [6, 6.07) is 11.7. The van der Waals surface area contributed by atoms with Crippen LogP contribution in [0.4, 0.5) is 5.69 Å². The van der Waals surface area contributed by atoms with Gasteiger partial charge in [-0.15, -0.1) is 0 Å². The molecule has 0 spiro atoms. The van der Waals surface area contributed by atoms with Crippen molar-refractivity contribution in [2.24, 2.45) is 5.73 Å². The standard InChI is InChI=1S/C20H23N5O/c1-15-2-7-19-22-17(14-25(19)12-15)13-23-8-10-24(11-9-23)18-5-3-16(4-6-18)20(21)26/h2-7,12,14H,8-11,13H2,1H3,(H2,21,26). The monoisotopic (exact) mass is 349 g/mol. The number of nitrogens with two attached hydrogens (primary N) is 1. The Hall–Kier alpha value is -2.86. The van der Waals surface area contributed by atoms with E-state index in [9.17, 15) is 4.79 Å². The topological polar surface area (TPSA) is 66.9 Å². The Morgan fingerprint density at radius 2 is 1.77 bits per heavy atom. The maximum absolute atomic E-state index is 11.2. The van der Waals surface area contributed by atoms with E-state index < -0.39 is 0 Å². The number of benzene rings is 1. The van der Waals surface area contributed by atoms with Gasteiger partial charge in [-0.1, -0.05) is 6.07 Å². The third-order valence-corrected chi connectivity index (χ3v) is 4.92. The van der Waals surface area contributed by atoms with Crippen molar-refractivity contribution in [1.29, 1.82) is 0 Å². The quantitative estimate of drug-likeness (QED) is 0.783. The maximum Gasteiger partial charge on any atom is 0.248 e. The third kappa shape index (κ3) is 3.41. The molecule has 0 unspecified atom stereocenters. The molecular weight excluding hydrogens is 326 g/mol. The average molecular weight is 349 g/mol. The van der Waals surface area contributed by atoms with Gasteiger partial charge in [0.2, 0.25) is 5.91 Å². The van der Waals surface area contributed by atoms with E-state index in [1.807, 2.05) is 12.1 Å². The lowest BCUT2D eigenvalue weighted by Gasteiger charge is -2.35. The number of aryl methyl sites for hydroxylation is 1. The molecule has 134 valence electrons. The highest BCUT2D eigenvalue weighted by Crippen LogP contribution is 2.18. The summed E-state index contributed by atoms with van der Waals surface area (Å²) in [5.41, 5.74) is 10.3. The lowest BCUT2D eigenvalue weighted by atomic mass is 10.1. The van der Waals surface area contributed by atoms with Gasteiger partial charge in [-0.2, -0.15) is 0 Å². The Labute approximate surface area is 152 Å². The maximum atomic E-state index is 11.2. The molecule has 0 atom stereocenters. The summed E-state index contributed by atoms with van der Waals surface area (Å²) in [5.74, 6) is -0.385. The summed E-state index contributed by atoms with van der Waals surface area (Å²) in [6.45, 7) is 6.86. The van der Waals surface area contributed by atoms with Gasteiger partial charge >= 0.3 is 0 Å². The second-order valence-corrected chi connectivity index (χ2v) is 6.88. The van der Waals surface area contributed by atoms with Gasteiger partial charge in [0, 0.05) is 56.4 Å². The number of primary amides is 1. The number of aromatic nitrogens is 2. The van der Waals surface area contributed by atoms with Crippen LogP contribution in [-0.2, 0) is 6.54 Å². The Morgan fingerprint density at radius 1 is 1.04 bits per heavy atom. The van der Waals surface area contributed by atoms with Crippen LogP contribution >= 0.6 is 0 Å². The average Bonchev–Trinajstić information content (AvgIpc) is 3.03. The molecule has 0 bridgehead atoms. The number of carbonyl (C=O) groups is 1. The minimum absolute atomic E-state index is 0.385. The number of piperazine rings is 1. The molecule has 0 saturated carbocycles. The SMILES string of the molecule is Cc1ccc2nc(CN3CCN(c4ccc(C(N)=O)cc4)CC3)cn2c1. The summed E-state index contributed by atoms with van der Waals surface area (Å²) < 4.78 is 2.10. The molecule has 3 aromatic rings. The number of amides is 1. The molecule has 3 heterocycles. The van der Waals surface area contributed by atoms with Crippen molar-refractivity contribution in [3.63, 3.8) is 0 Å². The van der Waals surface area contributed by atoms with Crippen LogP contribution in [0.25, 0.3) is 5.65 Å². The van der Waals surface area contributed by atoms with Crippen molar-refractivity contribution in [2.75, 3.05) is 31.1 Å². The van der Waals surface area contributed by atoms with Crippen LogP contribution in [0.1, 0.15) is 21.6 Å². The van der Waals surface area contributed by atoms with Crippen molar-refractivity contribution in [3.8, 4) is 0 Å². The van der Waals surface area contributed by atoms with Gasteiger partial charge < -0.3 is 15.0 Å². The number of hydrogen-bond donors (Lipinski definition) is 1. The zero-order valence-corrected chi connectivity index (χ0v) is 14.9. The third-order valence-electron chi connectivity index (χ3n) is 4.92. The molecule has 2 N–H and O–H groups in total. The fraction of sp³-hybridized carbons (Fsp3) is 0.300. The van der Waals surface area contributed by atoms with Gasteiger partial charge in [-0.3, -0.25) is 9.69 Å². The van der Waals surface area contributed by atoms with Crippen molar-refractivity contribution < 1.29 is 4.79 Å². The first-order chi connectivity index (χ1) is 12.6. The van der Waals surface area contributed by atoms with Gasteiger partial charge in [0.05, 0.1) is 5.69 Å². The Balaban J connectivity index is 1.37. The lowest BCUT2D eigenvalue weighted by molar-refractivity contribution is 0.100. The van der Waals surface area contributed by atoms with E-state index in [2.05, 4.69) is 45.7 Å². The van der Waals surface area contributed by atoms with Gasteiger partial charge in [-0.05, 0) is 42.8 Å². The largest absolute Gasteiger partial charge is 0.369 e. The molecule has 2 aromatic heterocycles. The number of nitrogens with zero attached hydrogens (tertiary/aromatic N) is 4. The first-order valence-corrected chi connectivity index (χ1v) is 8.90. The molecule has 1 aliphatic rings. The number of hydrogen-bond acceptors (Lipinski definition) is 4. The fourth-order valence-electron chi connectivity index (χ4n) is 3.46. The van der Waals surface area contributed by atoms with Gasteiger partial charge in [0.15, 0.2) is 0 Å². The lowest BCUT2D eigenvalue weighted by Crippen LogP contribution is -2.46. The zero-order chi connectivity index (χ0) is 18.1. The smallest absolute Gasteiger partial charge is 0.248 e. The Kier molecular flexibility index (Phi) is 4.34. The summed E-state index contributed by atoms with van der Waals surface area (Å²) in [5, 5.41) is 0. The van der Waals surface area contributed by atoms with Crippen LogP contribution in [0.3, 0.4) is 0 Å². The van der Waals surface area contributed by atoms with Crippen LogP contribution < -0.4 is 10.6 Å². The van der Waals surface area contributed by atoms with Crippen molar-refractivity contribution in [1.82, 2.24) is 14.3 Å². The van der Waals surface area contributed by atoms with Crippen LogP contribution in [0.15, 0.2) is 48.8 Å². The second kappa shape index (κ2) is 6.80. The molecule has 26 heavy (non-hydrogen) atoms. The highest BCUT2D eigenvalue weighted by molar-refractivity contribution is 5.93. The molecule has 1 fully saturated rings. The van der Waals surface area contributed by atoms with Gasteiger partial charge in [0.1, 0.15) is 5.65 Å². The first kappa shape index (κ1) is 16.6. The highest BCUT2D eigenvalue weighted by atomic mass is 16.1. The number of imidazole rings is 1. The summed E-state index contributed by atoms with van der Waals surface area (Å²) in [6.07, 6.45) is 4.23. The zero-order valence-electron chi connectivity index (χ0n) is 14.9. The summed E-state index contributed by atoms with van der Waals surface area (Å²) in [4.78, 5) is 20.7. The number of fused-ring (bicyclic) bond motifs is 1. The van der Waals surface area contributed by atoms with Crippen molar-refractivity contribution in [2.45, 2.75) is 13.5 Å². The fourth-order valence-corrected chi connectivity index (χ4v) is 3.46. The minimum atomic E-state index is -0.385. The van der Waals surface area contributed by atoms with E-state index in [-0.39, 0.29) is 5.91 Å². The summed E-state index contributed by atoms with van der Waals surface area (Å²) >= 11 is 0. The molecule has 1 saturated heterocycles. The molecule has 0 radical (unpaired) electrons. The van der Waals surface area contributed by atoms with E-state index in [0.717, 1.165) is 49.8 Å². The van der Waals surface area contributed by atoms with Crippen LogP contribution in [0.5, 0.6) is 0 Å². The van der Waals surface area contributed by atoms with Crippen molar-refractivity contribution >= 4 is 17.2 Å². The second-order valence-electron chi connectivity index (χ2n) is 6.88. The first-order valence-electron chi connectivity index (χ1n) is 8.90. The normalized spacial score (nSPS) is 15.5. The predicted molar refractivity (Wildman–Crippen MR) is 102 cm³/mol. The number of pyridine rings is 1. The van der Waals surface area contributed by atoms with Crippen LogP contribution in [0, 0.1) is 6.92 Å². The molecule has 0 aliphatic carbocycles. The van der Waals surface area contributed by atoms with E-state index in [1.54, 1.807) is 12.1 Å². The van der Waals surface area contributed by atoms with Crippen LogP contribution in [0.2, 0.25) is 0 Å². The summed E-state index contributed by atoms with van der Waals surface area (Å²) in [7, 11) is 0. The Morgan fingerprint density at radius 3 is 2.46 bits per heavy atom. The van der Waals surface area contributed by atoms with E-state index in [0.29, 0.717) is 5.56 Å².